The SMILES string of the molecule is Cn1cc(Nc2ccnc(C(=O)O)c2)cn1. The van der Waals surface area contributed by atoms with E-state index < -0.39 is 5.97 Å². The number of rotatable bonds is 3. The second kappa shape index (κ2) is 4.01. The normalized spacial score (nSPS) is 10.1. The van der Waals surface area contributed by atoms with Gasteiger partial charge in [0.1, 0.15) is 5.69 Å². The Morgan fingerprint density at radius 3 is 2.94 bits per heavy atom. The first kappa shape index (κ1) is 10.2. The first-order valence-corrected chi connectivity index (χ1v) is 4.60. The molecule has 6 heteroatoms. The molecule has 0 saturated carbocycles. The zero-order chi connectivity index (χ0) is 11.5. The Morgan fingerprint density at radius 1 is 1.50 bits per heavy atom. The van der Waals surface area contributed by atoms with Gasteiger partial charge in [-0.05, 0) is 12.1 Å². The van der Waals surface area contributed by atoms with E-state index in [1.165, 1.54) is 12.3 Å². The van der Waals surface area contributed by atoms with E-state index in [-0.39, 0.29) is 5.69 Å². The Bertz CT molecular complexity index is 521. The summed E-state index contributed by atoms with van der Waals surface area (Å²) in [5.41, 5.74) is 1.47. The molecule has 0 unspecified atom stereocenters. The summed E-state index contributed by atoms with van der Waals surface area (Å²) in [6.45, 7) is 0. The van der Waals surface area contributed by atoms with Crippen molar-refractivity contribution >= 4 is 17.3 Å². The van der Waals surface area contributed by atoms with Crippen LogP contribution in [0, 0.1) is 0 Å². The van der Waals surface area contributed by atoms with Crippen LogP contribution in [0.15, 0.2) is 30.7 Å². The molecule has 0 atom stereocenters. The lowest BCUT2D eigenvalue weighted by atomic mass is 10.3. The minimum Gasteiger partial charge on any atom is -0.477 e. The van der Waals surface area contributed by atoms with E-state index in [1.54, 1.807) is 30.2 Å². The molecule has 2 aromatic rings. The Kier molecular flexibility index (Phi) is 2.55. The molecule has 0 saturated heterocycles. The predicted octanol–water partition coefficient (Wildman–Crippen LogP) is 1.26. The van der Waals surface area contributed by atoms with Crippen molar-refractivity contribution in [3.8, 4) is 0 Å². The Hall–Kier alpha value is -2.37. The highest BCUT2D eigenvalue weighted by molar-refractivity contribution is 5.86. The summed E-state index contributed by atoms with van der Waals surface area (Å²) in [4.78, 5) is 14.4. The summed E-state index contributed by atoms with van der Waals surface area (Å²) in [6, 6.07) is 3.16. The Morgan fingerprint density at radius 2 is 2.31 bits per heavy atom. The summed E-state index contributed by atoms with van der Waals surface area (Å²) in [5.74, 6) is -1.05. The van der Waals surface area contributed by atoms with Gasteiger partial charge in [0, 0.05) is 25.1 Å². The molecular formula is C10H10N4O2. The molecule has 2 rings (SSSR count). The van der Waals surface area contributed by atoms with Gasteiger partial charge < -0.3 is 10.4 Å². The topological polar surface area (TPSA) is 80.0 Å². The van der Waals surface area contributed by atoms with Gasteiger partial charge in [-0.1, -0.05) is 0 Å². The lowest BCUT2D eigenvalue weighted by molar-refractivity contribution is 0.0690. The lowest BCUT2D eigenvalue weighted by Crippen LogP contribution is -2.00. The van der Waals surface area contributed by atoms with Gasteiger partial charge in [-0.3, -0.25) is 4.68 Å². The molecule has 0 aromatic carbocycles. The van der Waals surface area contributed by atoms with E-state index in [4.69, 9.17) is 5.11 Å². The van der Waals surface area contributed by atoms with Crippen LogP contribution in [0.4, 0.5) is 11.4 Å². The van der Waals surface area contributed by atoms with Crippen molar-refractivity contribution in [3.63, 3.8) is 0 Å². The third-order valence-electron chi connectivity index (χ3n) is 1.97. The maximum Gasteiger partial charge on any atom is 0.354 e. The molecule has 16 heavy (non-hydrogen) atoms. The van der Waals surface area contributed by atoms with Crippen LogP contribution in [0.3, 0.4) is 0 Å². The van der Waals surface area contributed by atoms with E-state index in [1.807, 2.05) is 0 Å². The molecule has 0 aliphatic rings. The van der Waals surface area contributed by atoms with Crippen molar-refractivity contribution in [2.24, 2.45) is 7.05 Å². The fourth-order valence-electron chi connectivity index (χ4n) is 1.28. The lowest BCUT2D eigenvalue weighted by Gasteiger charge is -2.03. The Labute approximate surface area is 91.6 Å². The number of carboxylic acid groups (broad SMARTS) is 1. The highest BCUT2D eigenvalue weighted by atomic mass is 16.4. The van der Waals surface area contributed by atoms with E-state index in [0.717, 1.165) is 5.69 Å². The van der Waals surface area contributed by atoms with Crippen molar-refractivity contribution in [2.75, 3.05) is 5.32 Å². The van der Waals surface area contributed by atoms with Crippen LogP contribution in [0.25, 0.3) is 0 Å². The molecule has 6 nitrogen and oxygen atoms in total. The minimum atomic E-state index is -1.05. The molecule has 0 bridgehead atoms. The number of nitrogens with one attached hydrogen (secondary N) is 1. The highest BCUT2D eigenvalue weighted by Gasteiger charge is 2.05. The summed E-state index contributed by atoms with van der Waals surface area (Å²) in [5, 5.41) is 15.8. The summed E-state index contributed by atoms with van der Waals surface area (Å²) in [6.07, 6.45) is 4.89. The van der Waals surface area contributed by atoms with Crippen molar-refractivity contribution < 1.29 is 9.90 Å². The maximum atomic E-state index is 10.7. The zero-order valence-electron chi connectivity index (χ0n) is 8.58. The smallest absolute Gasteiger partial charge is 0.354 e. The summed E-state index contributed by atoms with van der Waals surface area (Å²) < 4.78 is 1.65. The third kappa shape index (κ3) is 2.17. The van der Waals surface area contributed by atoms with E-state index >= 15 is 0 Å². The number of aromatic carboxylic acids is 1. The van der Waals surface area contributed by atoms with Crippen LogP contribution in [-0.4, -0.2) is 25.8 Å². The zero-order valence-corrected chi connectivity index (χ0v) is 8.58. The molecular weight excluding hydrogens is 208 g/mol. The highest BCUT2D eigenvalue weighted by Crippen LogP contribution is 2.15. The number of aromatic nitrogens is 3. The van der Waals surface area contributed by atoms with Crippen molar-refractivity contribution in [1.82, 2.24) is 14.8 Å². The average Bonchev–Trinajstić information content (AvgIpc) is 2.64. The first-order chi connectivity index (χ1) is 7.65. The molecule has 0 aliphatic heterocycles. The maximum absolute atomic E-state index is 10.7. The number of anilines is 2. The molecule has 0 radical (unpaired) electrons. The van der Waals surface area contributed by atoms with Crippen LogP contribution in [-0.2, 0) is 7.05 Å². The molecule has 0 fully saturated rings. The van der Waals surface area contributed by atoms with Crippen molar-refractivity contribution in [1.29, 1.82) is 0 Å². The molecule has 0 spiro atoms. The quantitative estimate of drug-likeness (QED) is 0.810. The number of pyridine rings is 1. The minimum absolute atomic E-state index is 0.00823. The van der Waals surface area contributed by atoms with Gasteiger partial charge >= 0.3 is 5.97 Å². The Balaban J connectivity index is 2.21. The van der Waals surface area contributed by atoms with Gasteiger partial charge in [-0.15, -0.1) is 0 Å². The van der Waals surface area contributed by atoms with E-state index in [9.17, 15) is 4.79 Å². The van der Waals surface area contributed by atoms with Crippen molar-refractivity contribution in [2.45, 2.75) is 0 Å². The predicted molar refractivity (Wildman–Crippen MR) is 57.7 cm³/mol. The second-order valence-electron chi connectivity index (χ2n) is 3.26. The van der Waals surface area contributed by atoms with Gasteiger partial charge in [0.2, 0.25) is 0 Å². The number of hydrogen-bond donors (Lipinski definition) is 2. The van der Waals surface area contributed by atoms with Gasteiger partial charge in [0.15, 0.2) is 0 Å². The number of nitrogens with zero attached hydrogens (tertiary/aromatic N) is 3. The molecule has 2 N–H and O–H groups in total. The van der Waals surface area contributed by atoms with E-state index in [0.29, 0.717) is 5.69 Å². The molecule has 2 heterocycles. The monoisotopic (exact) mass is 218 g/mol. The summed E-state index contributed by atoms with van der Waals surface area (Å²) >= 11 is 0. The molecule has 2 aromatic heterocycles. The van der Waals surface area contributed by atoms with Gasteiger partial charge in [0.05, 0.1) is 11.9 Å². The van der Waals surface area contributed by atoms with Crippen LogP contribution < -0.4 is 5.32 Å². The van der Waals surface area contributed by atoms with Gasteiger partial charge in [0.25, 0.3) is 0 Å². The number of carbonyl (C=O) groups is 1. The fraction of sp³-hybridized carbons (Fsp3) is 0.100. The van der Waals surface area contributed by atoms with Crippen LogP contribution in [0.2, 0.25) is 0 Å². The van der Waals surface area contributed by atoms with Crippen LogP contribution in [0.1, 0.15) is 10.5 Å². The molecule has 0 aliphatic carbocycles. The third-order valence-corrected chi connectivity index (χ3v) is 1.97. The average molecular weight is 218 g/mol. The van der Waals surface area contributed by atoms with E-state index in [2.05, 4.69) is 15.4 Å². The number of hydrogen-bond acceptors (Lipinski definition) is 4. The standard InChI is InChI=1S/C10H10N4O2/c1-14-6-8(5-12-14)13-7-2-3-11-9(4-7)10(15)16/h2-6H,1H3,(H,11,13)(H,15,16). The van der Waals surface area contributed by atoms with Gasteiger partial charge in [-0.25, -0.2) is 9.78 Å². The molecule has 0 amide bonds. The van der Waals surface area contributed by atoms with Crippen molar-refractivity contribution in [3.05, 3.63) is 36.4 Å². The van der Waals surface area contributed by atoms with Gasteiger partial charge in [-0.2, -0.15) is 5.10 Å². The summed E-state index contributed by atoms with van der Waals surface area (Å²) in [7, 11) is 1.81. The second-order valence-corrected chi connectivity index (χ2v) is 3.26. The largest absolute Gasteiger partial charge is 0.477 e. The fourth-order valence-corrected chi connectivity index (χ4v) is 1.28. The number of carboxylic acids is 1. The molecule has 82 valence electrons. The van der Waals surface area contributed by atoms with Crippen LogP contribution >= 0.6 is 0 Å². The number of aryl methyl sites for hydroxylation is 1. The first-order valence-electron chi connectivity index (χ1n) is 4.60. The van der Waals surface area contributed by atoms with Crippen LogP contribution in [0.5, 0.6) is 0 Å².